The SMILES string of the molecule is CN(c1ccccc1)[C@@H]1COC2(CCN(C(=O)c3n[nH]c4ccccc34)CC2)C1. The Hall–Kier alpha value is -2.86. The summed E-state index contributed by atoms with van der Waals surface area (Å²) in [6.45, 7) is 2.16. The zero-order chi connectivity index (χ0) is 19.8. The number of aromatic nitrogens is 2. The van der Waals surface area contributed by atoms with Gasteiger partial charge in [0.25, 0.3) is 5.91 Å². The number of carbonyl (C=O) groups is 1. The van der Waals surface area contributed by atoms with E-state index in [2.05, 4.69) is 46.4 Å². The van der Waals surface area contributed by atoms with Crippen LogP contribution in [0.2, 0.25) is 0 Å². The topological polar surface area (TPSA) is 61.5 Å². The second-order valence-corrected chi connectivity index (χ2v) is 8.21. The van der Waals surface area contributed by atoms with E-state index in [1.165, 1.54) is 5.69 Å². The summed E-state index contributed by atoms with van der Waals surface area (Å²) in [5.74, 6) is 0.00764. The highest BCUT2D eigenvalue weighted by atomic mass is 16.5. The molecule has 2 aliphatic heterocycles. The predicted molar refractivity (Wildman–Crippen MR) is 113 cm³/mol. The summed E-state index contributed by atoms with van der Waals surface area (Å²) in [5.41, 5.74) is 2.52. The Morgan fingerprint density at radius 3 is 2.66 bits per heavy atom. The van der Waals surface area contributed by atoms with E-state index in [4.69, 9.17) is 4.74 Å². The van der Waals surface area contributed by atoms with Crippen LogP contribution in [0.4, 0.5) is 5.69 Å². The van der Waals surface area contributed by atoms with Crippen molar-refractivity contribution in [3.63, 3.8) is 0 Å². The van der Waals surface area contributed by atoms with Crippen LogP contribution in [-0.4, -0.2) is 59.4 Å². The minimum Gasteiger partial charge on any atom is -0.373 e. The summed E-state index contributed by atoms with van der Waals surface area (Å²) in [6.07, 6.45) is 2.76. The number of fused-ring (bicyclic) bond motifs is 1. The molecule has 5 rings (SSSR count). The molecule has 0 radical (unpaired) electrons. The third-order valence-corrected chi connectivity index (χ3v) is 6.54. The second-order valence-electron chi connectivity index (χ2n) is 8.21. The second kappa shape index (κ2) is 7.19. The fourth-order valence-corrected chi connectivity index (χ4v) is 4.68. The summed E-state index contributed by atoms with van der Waals surface area (Å²) in [7, 11) is 2.14. The Morgan fingerprint density at radius 2 is 1.86 bits per heavy atom. The van der Waals surface area contributed by atoms with Crippen molar-refractivity contribution in [3.8, 4) is 0 Å². The first kappa shape index (κ1) is 18.2. The third kappa shape index (κ3) is 3.27. The molecule has 2 saturated heterocycles. The Morgan fingerprint density at radius 1 is 1.14 bits per heavy atom. The number of H-pyrrole nitrogens is 1. The first-order valence-corrected chi connectivity index (χ1v) is 10.3. The van der Waals surface area contributed by atoms with Gasteiger partial charge in [0.05, 0.1) is 23.8 Å². The molecule has 1 atom stereocenters. The number of likely N-dealkylation sites (N-methyl/N-ethyl adjacent to an activating group) is 1. The predicted octanol–water partition coefficient (Wildman–Crippen LogP) is 3.46. The van der Waals surface area contributed by atoms with Crippen molar-refractivity contribution in [1.82, 2.24) is 15.1 Å². The highest BCUT2D eigenvalue weighted by Gasteiger charge is 2.44. The van der Waals surface area contributed by atoms with Crippen molar-refractivity contribution < 1.29 is 9.53 Å². The zero-order valence-corrected chi connectivity index (χ0v) is 16.7. The van der Waals surface area contributed by atoms with Gasteiger partial charge in [-0.25, -0.2) is 0 Å². The summed E-state index contributed by atoms with van der Waals surface area (Å²) in [6, 6.07) is 18.6. The van der Waals surface area contributed by atoms with Gasteiger partial charge in [-0.15, -0.1) is 0 Å². The number of carbonyl (C=O) groups excluding carboxylic acids is 1. The molecular weight excluding hydrogens is 364 g/mol. The van der Waals surface area contributed by atoms with Crippen LogP contribution in [0.15, 0.2) is 54.6 Å². The van der Waals surface area contributed by atoms with Crippen LogP contribution in [0, 0.1) is 0 Å². The van der Waals surface area contributed by atoms with Crippen molar-refractivity contribution in [2.75, 3.05) is 31.6 Å². The molecule has 1 aromatic heterocycles. The number of hydrogen-bond donors (Lipinski definition) is 1. The molecule has 29 heavy (non-hydrogen) atoms. The normalized spacial score (nSPS) is 21.0. The standard InChI is InChI=1S/C23H26N4O2/c1-26(17-7-3-2-4-8-17)18-15-23(29-16-18)11-13-27(14-12-23)22(28)21-19-9-5-6-10-20(19)24-25-21/h2-10,18H,11-16H2,1H3,(H,24,25)/t18-/m0/s1. The highest BCUT2D eigenvalue weighted by molar-refractivity contribution is 6.04. The smallest absolute Gasteiger partial charge is 0.274 e. The molecule has 6 nitrogen and oxygen atoms in total. The quantitative estimate of drug-likeness (QED) is 0.744. The monoisotopic (exact) mass is 390 g/mol. The lowest BCUT2D eigenvalue weighted by Gasteiger charge is -2.38. The Balaban J connectivity index is 1.24. The van der Waals surface area contributed by atoms with Gasteiger partial charge in [-0.2, -0.15) is 5.10 Å². The molecule has 3 aromatic rings. The van der Waals surface area contributed by atoms with Gasteiger partial charge in [-0.05, 0) is 37.5 Å². The number of benzene rings is 2. The number of amides is 1. The lowest BCUT2D eigenvalue weighted by Crippen LogP contribution is -2.47. The van der Waals surface area contributed by atoms with Crippen molar-refractivity contribution in [1.29, 1.82) is 0 Å². The van der Waals surface area contributed by atoms with E-state index in [9.17, 15) is 4.79 Å². The Kier molecular flexibility index (Phi) is 4.51. The summed E-state index contributed by atoms with van der Waals surface area (Å²) in [5, 5.41) is 8.13. The zero-order valence-electron chi connectivity index (χ0n) is 16.7. The van der Waals surface area contributed by atoms with Gasteiger partial charge < -0.3 is 14.5 Å². The maximum absolute atomic E-state index is 13.0. The van der Waals surface area contributed by atoms with Gasteiger partial charge in [-0.1, -0.05) is 36.4 Å². The molecule has 1 spiro atoms. The van der Waals surface area contributed by atoms with Gasteiger partial charge >= 0.3 is 0 Å². The number of rotatable bonds is 3. The van der Waals surface area contributed by atoms with E-state index in [0.717, 1.165) is 36.8 Å². The van der Waals surface area contributed by atoms with E-state index in [1.807, 2.05) is 35.2 Å². The highest BCUT2D eigenvalue weighted by Crippen LogP contribution is 2.38. The fourth-order valence-electron chi connectivity index (χ4n) is 4.68. The van der Waals surface area contributed by atoms with Crippen LogP contribution < -0.4 is 4.90 Å². The minimum atomic E-state index is -0.113. The minimum absolute atomic E-state index is 0.00764. The number of hydrogen-bond acceptors (Lipinski definition) is 4. The van der Waals surface area contributed by atoms with Gasteiger partial charge in [0.2, 0.25) is 0 Å². The number of para-hydroxylation sites is 2. The summed E-state index contributed by atoms with van der Waals surface area (Å²) < 4.78 is 6.32. The first-order chi connectivity index (χ1) is 14.2. The molecule has 3 heterocycles. The van der Waals surface area contributed by atoms with Crippen LogP contribution in [0.1, 0.15) is 29.8 Å². The number of likely N-dealkylation sites (tertiary alicyclic amines) is 1. The summed E-state index contributed by atoms with van der Waals surface area (Å²) >= 11 is 0. The number of piperidine rings is 1. The molecule has 0 unspecified atom stereocenters. The maximum atomic E-state index is 13.0. The first-order valence-electron chi connectivity index (χ1n) is 10.3. The summed E-state index contributed by atoms with van der Waals surface area (Å²) in [4.78, 5) is 17.3. The number of anilines is 1. The van der Waals surface area contributed by atoms with Crippen molar-refractivity contribution in [2.24, 2.45) is 0 Å². The lowest BCUT2D eigenvalue weighted by atomic mass is 9.87. The molecule has 0 saturated carbocycles. The maximum Gasteiger partial charge on any atom is 0.274 e. The average Bonchev–Trinajstić information content (AvgIpc) is 3.39. The van der Waals surface area contributed by atoms with Crippen LogP contribution in [-0.2, 0) is 4.74 Å². The number of nitrogens with one attached hydrogen (secondary N) is 1. The van der Waals surface area contributed by atoms with Crippen molar-refractivity contribution in [3.05, 3.63) is 60.3 Å². The molecule has 1 amide bonds. The van der Waals surface area contributed by atoms with E-state index in [-0.39, 0.29) is 11.5 Å². The number of ether oxygens (including phenoxy) is 1. The van der Waals surface area contributed by atoms with E-state index >= 15 is 0 Å². The van der Waals surface area contributed by atoms with Gasteiger partial charge in [0.1, 0.15) is 0 Å². The van der Waals surface area contributed by atoms with Gasteiger partial charge in [0, 0.05) is 31.2 Å². The fraction of sp³-hybridized carbons (Fsp3) is 0.391. The molecule has 0 aliphatic carbocycles. The van der Waals surface area contributed by atoms with Crippen LogP contribution in [0.25, 0.3) is 10.9 Å². The largest absolute Gasteiger partial charge is 0.373 e. The molecule has 1 N–H and O–H groups in total. The molecule has 2 fully saturated rings. The Bertz CT molecular complexity index is 1010. The van der Waals surface area contributed by atoms with Crippen molar-refractivity contribution >= 4 is 22.5 Å². The van der Waals surface area contributed by atoms with Gasteiger partial charge in [0.15, 0.2) is 5.69 Å². The van der Waals surface area contributed by atoms with E-state index in [0.29, 0.717) is 24.8 Å². The molecule has 6 heteroatoms. The van der Waals surface area contributed by atoms with Crippen molar-refractivity contribution in [2.45, 2.75) is 30.9 Å². The Labute approximate surface area is 170 Å². The molecule has 0 bridgehead atoms. The van der Waals surface area contributed by atoms with Crippen LogP contribution in [0.5, 0.6) is 0 Å². The van der Waals surface area contributed by atoms with E-state index < -0.39 is 0 Å². The van der Waals surface area contributed by atoms with Crippen LogP contribution >= 0.6 is 0 Å². The third-order valence-electron chi connectivity index (χ3n) is 6.54. The number of aromatic amines is 1. The molecule has 2 aromatic carbocycles. The van der Waals surface area contributed by atoms with Crippen LogP contribution in [0.3, 0.4) is 0 Å². The number of nitrogens with zero attached hydrogens (tertiary/aromatic N) is 3. The molecular formula is C23H26N4O2. The van der Waals surface area contributed by atoms with E-state index in [1.54, 1.807) is 0 Å². The molecule has 2 aliphatic rings. The lowest BCUT2D eigenvalue weighted by molar-refractivity contribution is -0.0389. The van der Waals surface area contributed by atoms with Gasteiger partial charge in [-0.3, -0.25) is 9.89 Å². The molecule has 150 valence electrons. The average molecular weight is 390 g/mol.